The van der Waals surface area contributed by atoms with Crippen LogP contribution in [-0.2, 0) is 6.42 Å². The molecule has 2 rings (SSSR count). The fourth-order valence-corrected chi connectivity index (χ4v) is 2.50. The highest BCUT2D eigenvalue weighted by atomic mass is 16.6. The molecule has 0 radical (unpaired) electrons. The maximum absolute atomic E-state index is 11.3. The summed E-state index contributed by atoms with van der Waals surface area (Å²) in [5, 5.41) is 55.9. The molecule has 0 aliphatic rings. The Kier molecular flexibility index (Phi) is 5.19. The van der Waals surface area contributed by atoms with Crippen molar-refractivity contribution in [1.82, 2.24) is 0 Å². The number of nitro benzene ring substituents is 5. The van der Waals surface area contributed by atoms with Crippen LogP contribution in [0.1, 0.15) is 11.1 Å². The zero-order valence-electron chi connectivity index (χ0n) is 13.4. The van der Waals surface area contributed by atoms with Gasteiger partial charge in [0.1, 0.15) is 11.1 Å². The van der Waals surface area contributed by atoms with Gasteiger partial charge in [0.15, 0.2) is 0 Å². The summed E-state index contributed by atoms with van der Waals surface area (Å²) in [6, 6.07) is 3.70. The Hall–Kier alpha value is -4.56. The van der Waals surface area contributed by atoms with E-state index in [1.54, 1.807) is 0 Å². The van der Waals surface area contributed by atoms with Gasteiger partial charge in [0.05, 0.1) is 36.7 Å². The molecule has 2 aromatic rings. The minimum absolute atomic E-state index is 0.447. The molecule has 0 aromatic heterocycles. The number of nitro groups is 5. The Bertz CT molecular complexity index is 983. The van der Waals surface area contributed by atoms with Crippen molar-refractivity contribution in [3.63, 3.8) is 0 Å². The van der Waals surface area contributed by atoms with Crippen LogP contribution in [-0.4, -0.2) is 24.6 Å². The first kappa shape index (κ1) is 19.8. The van der Waals surface area contributed by atoms with Crippen LogP contribution in [0.2, 0.25) is 0 Å². The minimum Gasteiger partial charge on any atom is -0.258 e. The van der Waals surface area contributed by atoms with Gasteiger partial charge in [-0.2, -0.15) is 0 Å². The normalized spacial score (nSPS) is 10.3. The van der Waals surface area contributed by atoms with Crippen molar-refractivity contribution in [2.24, 2.45) is 0 Å². The van der Waals surface area contributed by atoms with Crippen molar-refractivity contribution in [3.8, 4) is 0 Å². The third-order valence-corrected chi connectivity index (χ3v) is 3.67. The van der Waals surface area contributed by atoms with Gasteiger partial charge in [-0.15, -0.1) is 0 Å². The van der Waals surface area contributed by atoms with Crippen LogP contribution in [0.5, 0.6) is 0 Å². The highest BCUT2D eigenvalue weighted by molar-refractivity contribution is 5.65. The molecule has 0 spiro atoms. The van der Waals surface area contributed by atoms with Gasteiger partial charge >= 0.3 is 0 Å². The molecule has 0 aliphatic carbocycles. The monoisotopic (exact) mass is 393 g/mol. The number of benzene rings is 2. The summed E-state index contributed by atoms with van der Waals surface area (Å²) >= 11 is 0. The lowest BCUT2D eigenvalue weighted by molar-refractivity contribution is -0.404. The van der Waals surface area contributed by atoms with Gasteiger partial charge in [-0.1, -0.05) is 0 Å². The second-order valence-electron chi connectivity index (χ2n) is 5.20. The van der Waals surface area contributed by atoms with Gasteiger partial charge in [0.25, 0.3) is 28.4 Å². The Labute approximate surface area is 152 Å². The average molecular weight is 393 g/mol. The lowest BCUT2D eigenvalue weighted by atomic mass is 9.98. The lowest BCUT2D eigenvalue weighted by Crippen LogP contribution is -2.07. The van der Waals surface area contributed by atoms with Crippen LogP contribution in [0.4, 0.5) is 28.4 Å². The molecule has 0 unspecified atom stereocenters. The number of non-ortho nitro benzene ring substituents is 1. The number of rotatable bonds is 7. The summed E-state index contributed by atoms with van der Waals surface area (Å²) in [5.41, 5.74) is -5.98. The quantitative estimate of drug-likeness (QED) is 0.494. The lowest BCUT2D eigenvalue weighted by Gasteiger charge is -2.06. The molecular weight excluding hydrogens is 386 g/mol. The zero-order valence-corrected chi connectivity index (χ0v) is 13.4. The van der Waals surface area contributed by atoms with Crippen molar-refractivity contribution >= 4 is 28.4 Å². The van der Waals surface area contributed by atoms with E-state index in [1.165, 1.54) is 0 Å². The molecule has 2 aromatic carbocycles. The number of hydrogen-bond acceptors (Lipinski definition) is 10. The highest BCUT2D eigenvalue weighted by Gasteiger charge is 2.34. The highest BCUT2D eigenvalue weighted by Crippen LogP contribution is 2.39. The Morgan fingerprint density at radius 1 is 0.571 bits per heavy atom. The molecule has 0 fully saturated rings. The molecule has 0 bridgehead atoms. The molecule has 144 valence electrons. The van der Waals surface area contributed by atoms with E-state index in [9.17, 15) is 50.6 Å². The topological polar surface area (TPSA) is 216 Å². The van der Waals surface area contributed by atoms with Crippen molar-refractivity contribution in [3.05, 3.63) is 92.0 Å². The van der Waals surface area contributed by atoms with E-state index in [0.717, 1.165) is 18.2 Å². The fraction of sp³-hybridized carbons (Fsp3) is 0.0769. The van der Waals surface area contributed by atoms with E-state index in [4.69, 9.17) is 0 Å². The summed E-state index contributed by atoms with van der Waals surface area (Å²) in [7, 11) is 0. The van der Waals surface area contributed by atoms with Crippen molar-refractivity contribution in [2.45, 2.75) is 6.42 Å². The van der Waals surface area contributed by atoms with Crippen LogP contribution < -0.4 is 0 Å². The predicted octanol–water partition coefficient (Wildman–Crippen LogP) is 2.82. The Morgan fingerprint density at radius 2 is 0.929 bits per heavy atom. The molecule has 0 saturated heterocycles. The standard InChI is InChI=1S/C13H7N5O10/c19-14(20)7-4-12(17(25)26)9(13(5-7)18(27)28)6-8-10(15(21)22)2-1-3-11(8)16(23)24/h1-5H,6H2. The van der Waals surface area contributed by atoms with Crippen LogP contribution in [0.15, 0.2) is 30.3 Å². The van der Waals surface area contributed by atoms with Crippen LogP contribution in [0, 0.1) is 50.6 Å². The molecule has 0 N–H and O–H groups in total. The molecule has 0 atom stereocenters. The van der Waals surface area contributed by atoms with Gasteiger partial charge in [-0.05, 0) is 6.07 Å². The molecule has 0 aliphatic heterocycles. The predicted molar refractivity (Wildman–Crippen MR) is 89.0 cm³/mol. The van der Waals surface area contributed by atoms with E-state index in [-0.39, 0.29) is 0 Å². The Morgan fingerprint density at radius 3 is 1.25 bits per heavy atom. The molecule has 0 saturated carbocycles. The van der Waals surface area contributed by atoms with Crippen molar-refractivity contribution < 1.29 is 24.6 Å². The summed E-state index contributed by atoms with van der Waals surface area (Å²) in [4.78, 5) is 50.5. The van der Waals surface area contributed by atoms with Crippen molar-refractivity contribution in [2.75, 3.05) is 0 Å². The largest absolute Gasteiger partial charge is 0.286 e. The summed E-state index contributed by atoms with van der Waals surface area (Å²) in [5.74, 6) is 0. The molecule has 15 nitrogen and oxygen atoms in total. The minimum atomic E-state index is -1.14. The number of hydrogen-bond donors (Lipinski definition) is 0. The van der Waals surface area contributed by atoms with Gasteiger partial charge < -0.3 is 0 Å². The summed E-state index contributed by atoms with van der Waals surface area (Å²) in [6.07, 6.45) is -0.932. The van der Waals surface area contributed by atoms with Crippen molar-refractivity contribution in [1.29, 1.82) is 0 Å². The number of nitrogens with zero attached hydrogens (tertiary/aromatic N) is 5. The molecule has 0 heterocycles. The van der Waals surface area contributed by atoms with Gasteiger partial charge in [-0.25, -0.2) is 0 Å². The summed E-state index contributed by atoms with van der Waals surface area (Å²) < 4.78 is 0. The van der Waals surface area contributed by atoms with E-state index in [2.05, 4.69) is 0 Å². The van der Waals surface area contributed by atoms with E-state index in [1.807, 2.05) is 0 Å². The third-order valence-electron chi connectivity index (χ3n) is 3.67. The first-order chi connectivity index (χ1) is 13.0. The first-order valence-electron chi connectivity index (χ1n) is 7.05. The molecular formula is C13H7N5O10. The molecule has 0 amide bonds. The van der Waals surface area contributed by atoms with Crippen LogP contribution in [0.3, 0.4) is 0 Å². The fourth-order valence-electron chi connectivity index (χ4n) is 2.50. The smallest absolute Gasteiger partial charge is 0.258 e. The SMILES string of the molecule is O=[N+]([O-])c1cc([N+](=O)[O-])c(Cc2c([N+](=O)[O-])cccc2[N+](=O)[O-])c([N+](=O)[O-])c1. The molecule has 15 heteroatoms. The van der Waals surface area contributed by atoms with E-state index < -0.39 is 70.6 Å². The summed E-state index contributed by atoms with van der Waals surface area (Å²) in [6.45, 7) is 0. The Balaban J connectivity index is 2.85. The second-order valence-corrected chi connectivity index (χ2v) is 5.20. The van der Waals surface area contributed by atoms with E-state index >= 15 is 0 Å². The molecule has 28 heavy (non-hydrogen) atoms. The van der Waals surface area contributed by atoms with Gasteiger partial charge in [0, 0.05) is 18.6 Å². The van der Waals surface area contributed by atoms with Crippen LogP contribution in [0.25, 0.3) is 0 Å². The maximum Gasteiger partial charge on any atom is 0.286 e. The maximum atomic E-state index is 11.3. The second kappa shape index (κ2) is 7.36. The average Bonchev–Trinajstić information content (AvgIpc) is 2.60. The van der Waals surface area contributed by atoms with Gasteiger partial charge in [0.2, 0.25) is 0 Å². The first-order valence-corrected chi connectivity index (χ1v) is 7.05. The van der Waals surface area contributed by atoms with E-state index in [0.29, 0.717) is 12.1 Å². The third kappa shape index (κ3) is 3.66. The van der Waals surface area contributed by atoms with Crippen LogP contribution >= 0.6 is 0 Å². The zero-order chi connectivity index (χ0) is 21.2. The van der Waals surface area contributed by atoms with Gasteiger partial charge in [-0.3, -0.25) is 50.6 Å².